The van der Waals surface area contributed by atoms with E-state index in [4.69, 9.17) is 9.47 Å². The van der Waals surface area contributed by atoms with Gasteiger partial charge in [0.15, 0.2) is 5.82 Å². The van der Waals surface area contributed by atoms with Gasteiger partial charge < -0.3 is 19.7 Å². The fourth-order valence-corrected chi connectivity index (χ4v) is 4.24. The summed E-state index contributed by atoms with van der Waals surface area (Å²) in [6.07, 6.45) is 5.98. The van der Waals surface area contributed by atoms with Crippen LogP contribution >= 0.6 is 0 Å². The van der Waals surface area contributed by atoms with Gasteiger partial charge in [0.2, 0.25) is 0 Å². The Labute approximate surface area is 202 Å². The Kier molecular flexibility index (Phi) is 7.19. The first-order chi connectivity index (χ1) is 16.9. The lowest BCUT2D eigenvalue weighted by Crippen LogP contribution is -2.50. The van der Waals surface area contributed by atoms with Crippen molar-refractivity contribution < 1.29 is 23.5 Å². The van der Waals surface area contributed by atoms with Crippen LogP contribution in [-0.2, 0) is 4.74 Å². The highest BCUT2D eigenvalue weighted by Crippen LogP contribution is 2.30. The van der Waals surface area contributed by atoms with Gasteiger partial charge in [0.05, 0.1) is 25.3 Å². The number of carbonyl (C=O) groups is 2. The Morgan fingerprint density at radius 2 is 1.83 bits per heavy atom. The van der Waals surface area contributed by atoms with E-state index in [2.05, 4.69) is 20.3 Å². The Bertz CT molecular complexity index is 1220. The summed E-state index contributed by atoms with van der Waals surface area (Å²) in [5.41, 5.74) is 0.448. The Morgan fingerprint density at radius 3 is 2.54 bits per heavy atom. The average molecular weight is 480 g/mol. The van der Waals surface area contributed by atoms with E-state index in [1.807, 2.05) is 6.92 Å². The van der Waals surface area contributed by atoms with Crippen LogP contribution < -0.4 is 10.1 Å². The number of ether oxygens (including phenoxy) is 2. The summed E-state index contributed by atoms with van der Waals surface area (Å²) in [4.78, 5) is 40.3. The molecule has 1 fully saturated rings. The van der Waals surface area contributed by atoms with Gasteiger partial charge in [-0.05, 0) is 44.0 Å². The number of amides is 1. The number of benzene rings is 1. The number of rotatable bonds is 6. The second kappa shape index (κ2) is 10.5. The van der Waals surface area contributed by atoms with Crippen LogP contribution in [0.25, 0.3) is 11.4 Å². The van der Waals surface area contributed by atoms with E-state index in [9.17, 15) is 14.0 Å². The van der Waals surface area contributed by atoms with E-state index in [-0.39, 0.29) is 40.5 Å². The zero-order chi connectivity index (χ0) is 24.9. The molecule has 0 saturated carbocycles. The van der Waals surface area contributed by atoms with E-state index in [0.29, 0.717) is 24.5 Å². The van der Waals surface area contributed by atoms with Crippen LogP contribution in [0.4, 0.5) is 10.2 Å². The maximum Gasteiger partial charge on any atom is 0.345 e. The van der Waals surface area contributed by atoms with Crippen LogP contribution in [0.2, 0.25) is 0 Å². The summed E-state index contributed by atoms with van der Waals surface area (Å²) in [7, 11) is 2.75. The lowest BCUT2D eigenvalue weighted by atomic mass is 9.96. The fourth-order valence-electron chi connectivity index (χ4n) is 4.24. The van der Waals surface area contributed by atoms with Crippen molar-refractivity contribution >= 4 is 17.7 Å². The summed E-state index contributed by atoms with van der Waals surface area (Å²) in [5.74, 6) is -0.674. The summed E-state index contributed by atoms with van der Waals surface area (Å²) in [6.45, 7) is 2.28. The van der Waals surface area contributed by atoms with Crippen molar-refractivity contribution in [1.82, 2.24) is 19.9 Å². The van der Waals surface area contributed by atoms with E-state index >= 15 is 0 Å². The molecule has 1 aliphatic heterocycles. The van der Waals surface area contributed by atoms with Crippen LogP contribution in [0.1, 0.15) is 40.5 Å². The molecule has 9 nitrogen and oxygen atoms in total. The molecule has 0 aliphatic carbocycles. The fraction of sp³-hybridized carbons (Fsp3) is 0.320. The lowest BCUT2D eigenvalue weighted by molar-refractivity contribution is 0.0591. The van der Waals surface area contributed by atoms with Crippen LogP contribution in [0.3, 0.4) is 0 Å². The molecule has 0 bridgehead atoms. The van der Waals surface area contributed by atoms with Gasteiger partial charge in [-0.2, -0.15) is 0 Å². The maximum atomic E-state index is 14.8. The molecule has 0 unspecified atom stereocenters. The second-order valence-corrected chi connectivity index (χ2v) is 8.19. The molecule has 0 radical (unpaired) electrons. The van der Waals surface area contributed by atoms with Crippen molar-refractivity contribution in [1.29, 1.82) is 0 Å². The van der Waals surface area contributed by atoms with Crippen LogP contribution in [0.5, 0.6) is 5.75 Å². The van der Waals surface area contributed by atoms with Gasteiger partial charge in [0, 0.05) is 37.2 Å². The molecule has 182 valence electrons. The molecule has 2 atom stereocenters. The van der Waals surface area contributed by atoms with Crippen molar-refractivity contribution in [3.05, 3.63) is 65.9 Å². The van der Waals surface area contributed by atoms with Crippen LogP contribution in [-0.4, -0.2) is 64.6 Å². The first-order valence-corrected chi connectivity index (χ1v) is 11.2. The molecule has 3 aromatic rings. The zero-order valence-electron chi connectivity index (χ0n) is 19.7. The molecular weight excluding hydrogens is 453 g/mol. The Hall–Kier alpha value is -4.08. The first-order valence-electron chi connectivity index (χ1n) is 11.2. The second-order valence-electron chi connectivity index (χ2n) is 8.19. The average Bonchev–Trinajstić information content (AvgIpc) is 2.89. The van der Waals surface area contributed by atoms with Crippen molar-refractivity contribution in [3.8, 4) is 17.1 Å². The molecule has 0 spiro atoms. The molecule has 3 heterocycles. The van der Waals surface area contributed by atoms with Gasteiger partial charge in [-0.1, -0.05) is 6.07 Å². The number of nitrogens with zero attached hydrogens (tertiary/aromatic N) is 4. The molecule has 1 aliphatic rings. The van der Waals surface area contributed by atoms with E-state index in [1.54, 1.807) is 23.1 Å². The number of carbonyl (C=O) groups excluding carboxylic acids is 2. The number of anilines is 1. The number of aromatic nitrogens is 3. The Morgan fingerprint density at radius 1 is 1.06 bits per heavy atom. The number of pyridine rings is 1. The predicted molar refractivity (Wildman–Crippen MR) is 127 cm³/mol. The quantitative estimate of drug-likeness (QED) is 0.535. The van der Waals surface area contributed by atoms with Crippen molar-refractivity contribution in [2.75, 3.05) is 26.1 Å². The van der Waals surface area contributed by atoms with Gasteiger partial charge in [-0.3, -0.25) is 4.79 Å². The molecule has 2 aromatic heterocycles. The smallest absolute Gasteiger partial charge is 0.345 e. The molecule has 1 amide bonds. The number of nitrogens with one attached hydrogen (secondary N) is 1. The molecule has 10 heteroatoms. The maximum absolute atomic E-state index is 14.8. The zero-order valence-corrected chi connectivity index (χ0v) is 19.7. The van der Waals surface area contributed by atoms with Gasteiger partial charge in [-0.15, -0.1) is 0 Å². The highest BCUT2D eigenvalue weighted by molar-refractivity contribution is 6.00. The summed E-state index contributed by atoms with van der Waals surface area (Å²) < 4.78 is 25.0. The number of methoxy groups -OCH3 is 2. The SMILES string of the molecule is COC(=O)c1c(OC)ccnc1N[C@@H]1CC[C@@H](C)N(C(=O)c2cccc(F)c2-c2ncccn2)C1. The number of likely N-dealkylation sites (tertiary alicyclic amines) is 1. The van der Waals surface area contributed by atoms with Crippen molar-refractivity contribution in [3.63, 3.8) is 0 Å². The molecule has 1 aromatic carbocycles. The third kappa shape index (κ3) is 4.91. The molecular formula is C25H26FN5O4. The topological polar surface area (TPSA) is 107 Å². The summed E-state index contributed by atoms with van der Waals surface area (Å²) in [6, 6.07) is 7.30. The Balaban J connectivity index is 1.62. The highest BCUT2D eigenvalue weighted by atomic mass is 19.1. The third-order valence-electron chi connectivity index (χ3n) is 6.04. The number of piperidine rings is 1. The standard InChI is InChI=1S/C25H26FN5O4/c1-15-8-9-16(30-23-21(25(33)35-3)19(34-2)10-13-29-23)14-31(15)24(32)17-6-4-7-18(26)20(17)22-27-11-5-12-28-22/h4-7,10-13,15-16H,8-9,14H2,1-3H3,(H,29,30)/t15-,16-/m1/s1. The van der Waals surface area contributed by atoms with Gasteiger partial charge in [-0.25, -0.2) is 24.1 Å². The minimum Gasteiger partial charge on any atom is -0.496 e. The number of halogens is 1. The van der Waals surface area contributed by atoms with Crippen molar-refractivity contribution in [2.45, 2.75) is 31.8 Å². The predicted octanol–water partition coefficient (Wildman–Crippen LogP) is 3.58. The minimum absolute atomic E-state index is 0.0721. The van der Waals surface area contributed by atoms with Crippen LogP contribution in [0.15, 0.2) is 48.9 Å². The van der Waals surface area contributed by atoms with Gasteiger partial charge >= 0.3 is 5.97 Å². The monoisotopic (exact) mass is 479 g/mol. The van der Waals surface area contributed by atoms with E-state index in [1.165, 1.54) is 44.9 Å². The molecule has 4 rings (SSSR count). The summed E-state index contributed by atoms with van der Waals surface area (Å²) >= 11 is 0. The lowest BCUT2D eigenvalue weighted by Gasteiger charge is -2.39. The van der Waals surface area contributed by atoms with Gasteiger partial charge in [0.25, 0.3) is 5.91 Å². The molecule has 1 N–H and O–H groups in total. The number of hydrogen-bond donors (Lipinski definition) is 1. The largest absolute Gasteiger partial charge is 0.496 e. The number of hydrogen-bond acceptors (Lipinski definition) is 8. The highest BCUT2D eigenvalue weighted by Gasteiger charge is 2.33. The molecule has 35 heavy (non-hydrogen) atoms. The van der Waals surface area contributed by atoms with Crippen LogP contribution in [0, 0.1) is 5.82 Å². The molecule has 1 saturated heterocycles. The first kappa shape index (κ1) is 24.1. The van der Waals surface area contributed by atoms with Crippen molar-refractivity contribution in [2.24, 2.45) is 0 Å². The normalized spacial score (nSPS) is 17.5. The minimum atomic E-state index is -0.582. The third-order valence-corrected chi connectivity index (χ3v) is 6.04. The van der Waals surface area contributed by atoms with E-state index < -0.39 is 11.8 Å². The van der Waals surface area contributed by atoms with E-state index in [0.717, 1.165) is 6.42 Å². The number of esters is 1. The van der Waals surface area contributed by atoms with Gasteiger partial charge in [0.1, 0.15) is 22.9 Å². The summed E-state index contributed by atoms with van der Waals surface area (Å²) in [5, 5.41) is 3.27.